The standard InChI is InChI=1S/C11H17N3O/c1-3-12-6-5-11(15)14-10-4-7-13-9(2)8-10/h4,7-8,12H,3,5-6H2,1-2H3,(H,13,14,15). The second-order valence-electron chi connectivity index (χ2n) is 3.34. The molecule has 0 atom stereocenters. The van der Waals surface area contributed by atoms with Crippen molar-refractivity contribution in [3.05, 3.63) is 24.0 Å². The number of aromatic nitrogens is 1. The summed E-state index contributed by atoms with van der Waals surface area (Å²) in [5.41, 5.74) is 1.71. The molecule has 0 aromatic carbocycles. The molecular weight excluding hydrogens is 190 g/mol. The van der Waals surface area contributed by atoms with Crippen molar-refractivity contribution in [2.45, 2.75) is 20.3 Å². The molecule has 0 aliphatic heterocycles. The average molecular weight is 207 g/mol. The van der Waals surface area contributed by atoms with E-state index in [2.05, 4.69) is 15.6 Å². The maximum Gasteiger partial charge on any atom is 0.225 e. The zero-order valence-electron chi connectivity index (χ0n) is 9.21. The summed E-state index contributed by atoms with van der Waals surface area (Å²) >= 11 is 0. The Hall–Kier alpha value is -1.42. The van der Waals surface area contributed by atoms with E-state index in [9.17, 15) is 4.79 Å². The van der Waals surface area contributed by atoms with Crippen LogP contribution in [-0.2, 0) is 4.79 Å². The van der Waals surface area contributed by atoms with Gasteiger partial charge in [-0.25, -0.2) is 0 Å². The summed E-state index contributed by atoms with van der Waals surface area (Å²) in [7, 11) is 0. The summed E-state index contributed by atoms with van der Waals surface area (Å²) in [6.07, 6.45) is 2.18. The lowest BCUT2D eigenvalue weighted by molar-refractivity contribution is -0.116. The van der Waals surface area contributed by atoms with Crippen molar-refractivity contribution < 1.29 is 4.79 Å². The summed E-state index contributed by atoms with van der Waals surface area (Å²) in [5, 5.41) is 5.93. The number of amides is 1. The van der Waals surface area contributed by atoms with E-state index in [1.54, 1.807) is 12.3 Å². The van der Waals surface area contributed by atoms with Gasteiger partial charge in [-0.1, -0.05) is 6.92 Å². The van der Waals surface area contributed by atoms with Crippen LogP contribution < -0.4 is 10.6 Å². The van der Waals surface area contributed by atoms with Crippen LogP contribution in [0.5, 0.6) is 0 Å². The second-order valence-corrected chi connectivity index (χ2v) is 3.34. The average Bonchev–Trinajstić information content (AvgIpc) is 2.18. The van der Waals surface area contributed by atoms with Gasteiger partial charge in [0.25, 0.3) is 0 Å². The van der Waals surface area contributed by atoms with Crippen molar-refractivity contribution >= 4 is 11.6 Å². The van der Waals surface area contributed by atoms with Crippen LogP contribution in [0.15, 0.2) is 18.3 Å². The smallest absolute Gasteiger partial charge is 0.225 e. The van der Waals surface area contributed by atoms with Crippen LogP contribution in [0.1, 0.15) is 19.0 Å². The molecule has 82 valence electrons. The van der Waals surface area contributed by atoms with Gasteiger partial charge in [-0.05, 0) is 25.6 Å². The lowest BCUT2D eigenvalue weighted by Gasteiger charge is -2.05. The van der Waals surface area contributed by atoms with Crippen LogP contribution >= 0.6 is 0 Å². The van der Waals surface area contributed by atoms with Crippen molar-refractivity contribution in [1.82, 2.24) is 10.3 Å². The molecule has 0 radical (unpaired) electrons. The van der Waals surface area contributed by atoms with Crippen LogP contribution in [0.4, 0.5) is 5.69 Å². The van der Waals surface area contributed by atoms with E-state index in [0.717, 1.165) is 17.9 Å². The van der Waals surface area contributed by atoms with Gasteiger partial charge in [0.2, 0.25) is 5.91 Å². The number of hydrogen-bond acceptors (Lipinski definition) is 3. The van der Waals surface area contributed by atoms with Gasteiger partial charge in [-0.2, -0.15) is 0 Å². The first kappa shape index (κ1) is 11.7. The minimum atomic E-state index is 0.0292. The lowest BCUT2D eigenvalue weighted by Crippen LogP contribution is -2.21. The van der Waals surface area contributed by atoms with Gasteiger partial charge >= 0.3 is 0 Å². The fourth-order valence-electron chi connectivity index (χ4n) is 1.23. The first-order valence-electron chi connectivity index (χ1n) is 5.15. The zero-order chi connectivity index (χ0) is 11.1. The molecule has 0 fully saturated rings. The summed E-state index contributed by atoms with van der Waals surface area (Å²) in [5.74, 6) is 0.0292. The largest absolute Gasteiger partial charge is 0.326 e. The van der Waals surface area contributed by atoms with Gasteiger partial charge in [0.15, 0.2) is 0 Å². The van der Waals surface area contributed by atoms with Crippen LogP contribution in [0.3, 0.4) is 0 Å². The van der Waals surface area contributed by atoms with E-state index in [4.69, 9.17) is 0 Å². The predicted octanol–water partition coefficient (Wildman–Crippen LogP) is 1.33. The van der Waals surface area contributed by atoms with E-state index in [1.807, 2.05) is 19.9 Å². The summed E-state index contributed by atoms with van der Waals surface area (Å²) in [6, 6.07) is 3.64. The quantitative estimate of drug-likeness (QED) is 0.716. The Morgan fingerprint density at radius 3 is 3.00 bits per heavy atom. The van der Waals surface area contributed by atoms with Crippen LogP contribution in [0.25, 0.3) is 0 Å². The molecule has 0 spiro atoms. The summed E-state index contributed by atoms with van der Waals surface area (Å²) < 4.78 is 0. The molecule has 0 saturated heterocycles. The van der Waals surface area contributed by atoms with Gasteiger partial charge in [0.1, 0.15) is 0 Å². The number of aryl methyl sites for hydroxylation is 1. The van der Waals surface area contributed by atoms with Crippen molar-refractivity contribution in [3.8, 4) is 0 Å². The fourth-order valence-corrected chi connectivity index (χ4v) is 1.23. The molecule has 1 aromatic heterocycles. The van der Waals surface area contributed by atoms with E-state index >= 15 is 0 Å². The number of pyridine rings is 1. The third kappa shape index (κ3) is 4.56. The highest BCUT2D eigenvalue weighted by atomic mass is 16.1. The number of hydrogen-bond donors (Lipinski definition) is 2. The molecule has 0 aliphatic rings. The fraction of sp³-hybridized carbons (Fsp3) is 0.455. The number of carbonyl (C=O) groups is 1. The van der Waals surface area contributed by atoms with Gasteiger partial charge in [0.05, 0.1) is 0 Å². The highest BCUT2D eigenvalue weighted by molar-refractivity contribution is 5.90. The molecule has 1 heterocycles. The normalized spacial score (nSPS) is 10.0. The highest BCUT2D eigenvalue weighted by Gasteiger charge is 2.01. The lowest BCUT2D eigenvalue weighted by atomic mass is 10.3. The maximum atomic E-state index is 11.4. The summed E-state index contributed by atoms with van der Waals surface area (Å²) in [4.78, 5) is 15.5. The Bertz CT molecular complexity index is 325. The molecule has 4 nitrogen and oxygen atoms in total. The predicted molar refractivity (Wildman–Crippen MR) is 60.8 cm³/mol. The molecular formula is C11H17N3O. The third-order valence-electron chi connectivity index (χ3n) is 1.96. The number of nitrogens with one attached hydrogen (secondary N) is 2. The molecule has 15 heavy (non-hydrogen) atoms. The molecule has 4 heteroatoms. The van der Waals surface area contributed by atoms with E-state index in [-0.39, 0.29) is 5.91 Å². The van der Waals surface area contributed by atoms with Crippen LogP contribution in [0.2, 0.25) is 0 Å². The zero-order valence-corrected chi connectivity index (χ0v) is 9.21. The Balaban J connectivity index is 2.37. The number of nitrogens with zero attached hydrogens (tertiary/aromatic N) is 1. The first-order valence-corrected chi connectivity index (χ1v) is 5.15. The van der Waals surface area contributed by atoms with Crippen LogP contribution in [-0.4, -0.2) is 24.0 Å². The Morgan fingerprint density at radius 1 is 1.53 bits per heavy atom. The van der Waals surface area contributed by atoms with Crippen LogP contribution in [0, 0.1) is 6.92 Å². The minimum absolute atomic E-state index is 0.0292. The van der Waals surface area contributed by atoms with Crippen molar-refractivity contribution in [3.63, 3.8) is 0 Å². The van der Waals surface area contributed by atoms with Crippen molar-refractivity contribution in [2.24, 2.45) is 0 Å². The highest BCUT2D eigenvalue weighted by Crippen LogP contribution is 2.06. The molecule has 1 rings (SSSR count). The van der Waals surface area contributed by atoms with Crippen molar-refractivity contribution in [1.29, 1.82) is 0 Å². The Morgan fingerprint density at radius 2 is 2.33 bits per heavy atom. The molecule has 2 N–H and O–H groups in total. The second kappa shape index (κ2) is 6.14. The van der Waals surface area contributed by atoms with E-state index < -0.39 is 0 Å². The van der Waals surface area contributed by atoms with Gasteiger partial charge in [-0.15, -0.1) is 0 Å². The molecule has 0 saturated carbocycles. The van der Waals surface area contributed by atoms with Gasteiger partial charge in [0, 0.05) is 30.5 Å². The van der Waals surface area contributed by atoms with E-state index in [0.29, 0.717) is 13.0 Å². The third-order valence-corrected chi connectivity index (χ3v) is 1.96. The Labute approximate surface area is 90.1 Å². The van der Waals surface area contributed by atoms with Gasteiger partial charge in [-0.3, -0.25) is 9.78 Å². The molecule has 0 bridgehead atoms. The minimum Gasteiger partial charge on any atom is -0.326 e. The van der Waals surface area contributed by atoms with E-state index in [1.165, 1.54) is 0 Å². The molecule has 0 aliphatic carbocycles. The summed E-state index contributed by atoms with van der Waals surface area (Å²) in [6.45, 7) is 5.52. The van der Waals surface area contributed by atoms with Gasteiger partial charge < -0.3 is 10.6 Å². The number of carbonyl (C=O) groups excluding carboxylic acids is 1. The number of rotatable bonds is 5. The SMILES string of the molecule is CCNCCC(=O)Nc1ccnc(C)c1. The molecule has 1 amide bonds. The van der Waals surface area contributed by atoms with Crippen molar-refractivity contribution in [2.75, 3.05) is 18.4 Å². The topological polar surface area (TPSA) is 54.0 Å². The monoisotopic (exact) mass is 207 g/mol. The molecule has 1 aromatic rings. The number of anilines is 1. The maximum absolute atomic E-state index is 11.4. The first-order chi connectivity index (χ1) is 7.22. The molecule has 0 unspecified atom stereocenters. The Kier molecular flexibility index (Phi) is 4.77.